The van der Waals surface area contributed by atoms with E-state index < -0.39 is 28.6 Å². The SMILES string of the molecule is N#Cc1ccccc1S(=O)(=O)N1CCCC[C@@H]1COCC(=O)O. The van der Waals surface area contributed by atoms with Crippen LogP contribution in [0.1, 0.15) is 24.8 Å². The van der Waals surface area contributed by atoms with Crippen molar-refractivity contribution in [1.82, 2.24) is 4.31 Å². The maximum Gasteiger partial charge on any atom is 0.329 e. The number of sulfonamides is 1. The molecule has 1 atom stereocenters. The lowest BCUT2D eigenvalue weighted by Gasteiger charge is -2.34. The highest BCUT2D eigenvalue weighted by atomic mass is 32.2. The molecule has 1 aliphatic heterocycles. The summed E-state index contributed by atoms with van der Waals surface area (Å²) in [6, 6.07) is 7.55. The van der Waals surface area contributed by atoms with E-state index in [0.29, 0.717) is 13.0 Å². The van der Waals surface area contributed by atoms with E-state index in [0.717, 1.165) is 12.8 Å². The second kappa shape index (κ2) is 7.55. The Hall–Kier alpha value is -1.95. The van der Waals surface area contributed by atoms with Gasteiger partial charge in [-0.1, -0.05) is 18.6 Å². The van der Waals surface area contributed by atoms with Crippen LogP contribution in [0.5, 0.6) is 0 Å². The van der Waals surface area contributed by atoms with E-state index >= 15 is 0 Å². The Balaban J connectivity index is 2.25. The largest absolute Gasteiger partial charge is 0.480 e. The molecule has 0 amide bonds. The van der Waals surface area contributed by atoms with Gasteiger partial charge in [-0.15, -0.1) is 0 Å². The summed E-state index contributed by atoms with van der Waals surface area (Å²) in [4.78, 5) is 10.5. The van der Waals surface area contributed by atoms with Crippen molar-refractivity contribution in [3.63, 3.8) is 0 Å². The van der Waals surface area contributed by atoms with Crippen molar-refractivity contribution >= 4 is 16.0 Å². The molecule has 1 fully saturated rings. The fraction of sp³-hybridized carbons (Fsp3) is 0.467. The number of nitrogens with zero attached hydrogens (tertiary/aromatic N) is 2. The Morgan fingerprint density at radius 1 is 1.39 bits per heavy atom. The first-order chi connectivity index (χ1) is 11.0. The Bertz CT molecular complexity index is 711. The van der Waals surface area contributed by atoms with Crippen LogP contribution in [0, 0.1) is 11.3 Å². The number of nitriles is 1. The highest BCUT2D eigenvalue weighted by Crippen LogP contribution is 2.27. The van der Waals surface area contributed by atoms with Gasteiger partial charge in [-0.2, -0.15) is 9.57 Å². The third kappa shape index (κ3) is 4.07. The van der Waals surface area contributed by atoms with E-state index in [2.05, 4.69) is 0 Å². The van der Waals surface area contributed by atoms with Gasteiger partial charge in [0.2, 0.25) is 10.0 Å². The van der Waals surface area contributed by atoms with Crippen LogP contribution in [0.25, 0.3) is 0 Å². The average Bonchev–Trinajstić information content (AvgIpc) is 2.55. The number of carboxylic acid groups (broad SMARTS) is 1. The average molecular weight is 338 g/mol. The van der Waals surface area contributed by atoms with Gasteiger partial charge >= 0.3 is 5.97 Å². The van der Waals surface area contributed by atoms with Gasteiger partial charge in [0.05, 0.1) is 17.1 Å². The lowest BCUT2D eigenvalue weighted by Crippen LogP contribution is -2.46. The van der Waals surface area contributed by atoms with Crippen LogP contribution in [0.3, 0.4) is 0 Å². The smallest absolute Gasteiger partial charge is 0.329 e. The van der Waals surface area contributed by atoms with Gasteiger partial charge in [-0.25, -0.2) is 13.2 Å². The van der Waals surface area contributed by atoms with Crippen LogP contribution in [-0.2, 0) is 19.6 Å². The number of rotatable bonds is 6. The van der Waals surface area contributed by atoms with Gasteiger partial charge in [-0.05, 0) is 25.0 Å². The third-order valence-corrected chi connectivity index (χ3v) is 5.71. The van der Waals surface area contributed by atoms with Crippen molar-refractivity contribution in [3.8, 4) is 6.07 Å². The van der Waals surface area contributed by atoms with Crippen molar-refractivity contribution in [1.29, 1.82) is 5.26 Å². The topological polar surface area (TPSA) is 108 Å². The molecule has 0 bridgehead atoms. The predicted molar refractivity (Wildman–Crippen MR) is 81.1 cm³/mol. The highest BCUT2D eigenvalue weighted by Gasteiger charge is 2.34. The van der Waals surface area contributed by atoms with E-state index in [-0.39, 0.29) is 17.1 Å². The lowest BCUT2D eigenvalue weighted by atomic mass is 10.1. The summed E-state index contributed by atoms with van der Waals surface area (Å²) >= 11 is 0. The maximum atomic E-state index is 12.9. The summed E-state index contributed by atoms with van der Waals surface area (Å²) in [5.41, 5.74) is 0.100. The van der Waals surface area contributed by atoms with Crippen molar-refractivity contribution in [2.45, 2.75) is 30.2 Å². The van der Waals surface area contributed by atoms with Crippen LogP contribution >= 0.6 is 0 Å². The number of aliphatic carboxylic acids is 1. The van der Waals surface area contributed by atoms with Crippen molar-refractivity contribution < 1.29 is 23.1 Å². The zero-order chi connectivity index (χ0) is 16.9. The highest BCUT2D eigenvalue weighted by molar-refractivity contribution is 7.89. The molecular weight excluding hydrogens is 320 g/mol. The predicted octanol–water partition coefficient (Wildman–Crippen LogP) is 1.20. The molecule has 0 saturated carbocycles. The first kappa shape index (κ1) is 17.4. The molecule has 1 aromatic carbocycles. The fourth-order valence-corrected chi connectivity index (χ4v) is 4.47. The molecule has 124 valence electrons. The van der Waals surface area contributed by atoms with Crippen molar-refractivity contribution in [3.05, 3.63) is 29.8 Å². The summed E-state index contributed by atoms with van der Waals surface area (Å²) in [5.74, 6) is -1.09. The molecule has 0 unspecified atom stereocenters. The first-order valence-corrected chi connectivity index (χ1v) is 8.71. The number of hydrogen-bond acceptors (Lipinski definition) is 5. The normalized spacial score (nSPS) is 19.2. The minimum Gasteiger partial charge on any atom is -0.480 e. The van der Waals surface area contributed by atoms with Crippen LogP contribution < -0.4 is 0 Å². The molecule has 1 N–H and O–H groups in total. The molecule has 1 aromatic rings. The molecule has 1 saturated heterocycles. The quantitative estimate of drug-likeness (QED) is 0.835. The molecule has 23 heavy (non-hydrogen) atoms. The van der Waals surface area contributed by atoms with Gasteiger partial charge in [0.1, 0.15) is 12.7 Å². The van der Waals surface area contributed by atoms with E-state index in [9.17, 15) is 13.2 Å². The second-order valence-electron chi connectivity index (χ2n) is 5.28. The molecule has 1 aliphatic rings. The molecule has 7 nitrogen and oxygen atoms in total. The Labute approximate surface area is 135 Å². The Morgan fingerprint density at radius 2 is 2.13 bits per heavy atom. The molecule has 0 radical (unpaired) electrons. The zero-order valence-corrected chi connectivity index (χ0v) is 13.3. The van der Waals surface area contributed by atoms with E-state index in [4.69, 9.17) is 15.1 Å². The van der Waals surface area contributed by atoms with Crippen molar-refractivity contribution in [2.24, 2.45) is 0 Å². The minimum atomic E-state index is -3.82. The Kier molecular flexibility index (Phi) is 5.71. The zero-order valence-electron chi connectivity index (χ0n) is 12.5. The van der Waals surface area contributed by atoms with E-state index in [1.807, 2.05) is 6.07 Å². The summed E-state index contributed by atoms with van der Waals surface area (Å²) < 4.78 is 32.2. The number of carboxylic acids is 1. The van der Waals surface area contributed by atoms with Gasteiger partial charge in [-0.3, -0.25) is 0 Å². The standard InChI is InChI=1S/C15H18N2O5S/c16-9-12-5-1-2-7-14(12)23(20,21)17-8-4-3-6-13(17)10-22-11-15(18)19/h1-2,5,7,13H,3-4,6,8,10-11H2,(H,18,19)/t13-/m1/s1. The monoisotopic (exact) mass is 338 g/mol. The molecular formula is C15H18N2O5S. The third-order valence-electron chi connectivity index (χ3n) is 3.70. The first-order valence-electron chi connectivity index (χ1n) is 7.27. The Morgan fingerprint density at radius 3 is 2.83 bits per heavy atom. The summed E-state index contributed by atoms with van der Waals surface area (Å²) in [5, 5.41) is 17.7. The summed E-state index contributed by atoms with van der Waals surface area (Å²) in [6.07, 6.45) is 2.18. The van der Waals surface area contributed by atoms with Crippen LogP contribution in [0.4, 0.5) is 0 Å². The molecule has 2 rings (SSSR count). The lowest BCUT2D eigenvalue weighted by molar-refractivity contribution is -0.142. The number of ether oxygens (including phenoxy) is 1. The van der Waals surface area contributed by atoms with Gasteiger partial charge < -0.3 is 9.84 Å². The maximum absolute atomic E-state index is 12.9. The van der Waals surface area contributed by atoms with Crippen LogP contribution in [0.15, 0.2) is 29.2 Å². The van der Waals surface area contributed by atoms with Gasteiger partial charge in [0.25, 0.3) is 0 Å². The number of hydrogen-bond donors (Lipinski definition) is 1. The van der Waals surface area contributed by atoms with Gasteiger partial charge in [0.15, 0.2) is 0 Å². The molecule has 8 heteroatoms. The van der Waals surface area contributed by atoms with Gasteiger partial charge in [0, 0.05) is 12.6 Å². The molecule has 0 aromatic heterocycles. The summed E-state index contributed by atoms with van der Waals surface area (Å²) in [7, 11) is -3.82. The number of benzene rings is 1. The number of carbonyl (C=O) groups is 1. The van der Waals surface area contributed by atoms with E-state index in [1.54, 1.807) is 12.1 Å². The van der Waals surface area contributed by atoms with Crippen molar-refractivity contribution in [2.75, 3.05) is 19.8 Å². The van der Waals surface area contributed by atoms with Crippen LogP contribution in [-0.4, -0.2) is 49.6 Å². The minimum absolute atomic E-state index is 0.0207. The fourth-order valence-electron chi connectivity index (χ4n) is 2.65. The summed E-state index contributed by atoms with van der Waals surface area (Å²) in [6.45, 7) is -0.0946. The van der Waals surface area contributed by atoms with Crippen LogP contribution in [0.2, 0.25) is 0 Å². The second-order valence-corrected chi connectivity index (χ2v) is 7.14. The number of piperidine rings is 1. The molecule has 1 heterocycles. The molecule has 0 spiro atoms. The van der Waals surface area contributed by atoms with E-state index in [1.165, 1.54) is 16.4 Å². The molecule has 0 aliphatic carbocycles.